The Balaban J connectivity index is 2.27. The number of nitrogens with zero attached hydrogens (tertiary/aromatic N) is 1. The van der Waals surface area contributed by atoms with Crippen LogP contribution in [0.2, 0.25) is 0 Å². The maximum atomic E-state index is 12.6. The maximum absolute atomic E-state index is 12.6. The van der Waals surface area contributed by atoms with E-state index >= 15 is 0 Å². The summed E-state index contributed by atoms with van der Waals surface area (Å²) in [6.07, 6.45) is 0.980. The maximum Gasteiger partial charge on any atom is 0.253 e. The molecule has 0 amide bonds. The number of benzene rings is 1. The van der Waals surface area contributed by atoms with Crippen molar-refractivity contribution in [2.24, 2.45) is 0 Å². The van der Waals surface area contributed by atoms with Gasteiger partial charge in [0.25, 0.3) is 5.56 Å². The van der Waals surface area contributed by atoms with Gasteiger partial charge in [0.1, 0.15) is 0 Å². The zero-order valence-electron chi connectivity index (χ0n) is 17.0. The predicted molar refractivity (Wildman–Crippen MR) is 118 cm³/mol. The Morgan fingerprint density at radius 2 is 1.93 bits per heavy atom. The van der Waals surface area contributed by atoms with Gasteiger partial charge >= 0.3 is 0 Å². The SMILES string of the molecule is CCNC(=S)N(CC[NH+](CC)CC)Cc1cc2cc(CC)ccc2[nH]c1=O. The van der Waals surface area contributed by atoms with Gasteiger partial charge in [0.05, 0.1) is 32.7 Å². The number of rotatable bonds is 9. The van der Waals surface area contributed by atoms with Crippen LogP contribution in [0.1, 0.15) is 38.8 Å². The number of aromatic amines is 1. The van der Waals surface area contributed by atoms with Gasteiger partial charge in [-0.2, -0.15) is 0 Å². The van der Waals surface area contributed by atoms with E-state index in [0.717, 1.165) is 55.6 Å². The number of H-pyrrole nitrogens is 1. The molecule has 1 aromatic heterocycles. The first-order valence-corrected chi connectivity index (χ1v) is 10.4. The number of fused-ring (bicyclic) bond motifs is 1. The average Bonchev–Trinajstić information content (AvgIpc) is 2.67. The molecule has 0 fully saturated rings. The third kappa shape index (κ3) is 5.78. The molecule has 0 aliphatic rings. The summed E-state index contributed by atoms with van der Waals surface area (Å²) in [5.74, 6) is 0. The molecule has 0 bridgehead atoms. The van der Waals surface area contributed by atoms with Gasteiger partial charge in [0.15, 0.2) is 5.11 Å². The number of thiocarbonyl (C=S) groups is 1. The second kappa shape index (κ2) is 10.4. The van der Waals surface area contributed by atoms with Crippen LogP contribution in [-0.2, 0) is 13.0 Å². The van der Waals surface area contributed by atoms with Crippen LogP contribution in [0.25, 0.3) is 10.9 Å². The van der Waals surface area contributed by atoms with Gasteiger partial charge in [-0.3, -0.25) is 4.79 Å². The van der Waals surface area contributed by atoms with Crippen LogP contribution in [0.5, 0.6) is 0 Å². The average molecular weight is 390 g/mol. The quantitative estimate of drug-likeness (QED) is 0.572. The molecule has 27 heavy (non-hydrogen) atoms. The van der Waals surface area contributed by atoms with Gasteiger partial charge in [0, 0.05) is 17.6 Å². The van der Waals surface area contributed by atoms with Crippen molar-refractivity contribution in [3.05, 3.63) is 45.7 Å². The number of quaternary nitrogens is 1. The monoisotopic (exact) mass is 389 g/mol. The van der Waals surface area contributed by atoms with Gasteiger partial charge in [0.2, 0.25) is 0 Å². The Morgan fingerprint density at radius 1 is 1.19 bits per heavy atom. The minimum atomic E-state index is -0.0359. The summed E-state index contributed by atoms with van der Waals surface area (Å²) in [7, 11) is 0. The number of pyridine rings is 1. The molecule has 148 valence electrons. The summed E-state index contributed by atoms with van der Waals surface area (Å²) in [5, 5.41) is 5.03. The van der Waals surface area contributed by atoms with E-state index in [1.54, 1.807) is 0 Å². The van der Waals surface area contributed by atoms with Crippen molar-refractivity contribution in [2.75, 3.05) is 32.7 Å². The molecule has 5 nitrogen and oxygen atoms in total. The first-order chi connectivity index (χ1) is 13.0. The van der Waals surface area contributed by atoms with Gasteiger partial charge in [-0.25, -0.2) is 0 Å². The van der Waals surface area contributed by atoms with Crippen LogP contribution in [0.3, 0.4) is 0 Å². The van der Waals surface area contributed by atoms with Crippen molar-refractivity contribution in [1.82, 2.24) is 15.2 Å². The Bertz CT molecular complexity index is 813. The molecule has 2 aromatic rings. The van der Waals surface area contributed by atoms with Crippen LogP contribution in [0, 0.1) is 0 Å². The van der Waals surface area contributed by atoms with E-state index in [0.29, 0.717) is 11.7 Å². The number of hydrogen-bond acceptors (Lipinski definition) is 2. The fourth-order valence-electron chi connectivity index (χ4n) is 3.26. The van der Waals surface area contributed by atoms with Crippen molar-refractivity contribution >= 4 is 28.2 Å². The Morgan fingerprint density at radius 3 is 2.56 bits per heavy atom. The van der Waals surface area contributed by atoms with E-state index < -0.39 is 0 Å². The Kier molecular flexibility index (Phi) is 8.25. The smallest absolute Gasteiger partial charge is 0.253 e. The van der Waals surface area contributed by atoms with Crippen molar-refractivity contribution < 1.29 is 4.90 Å². The minimum absolute atomic E-state index is 0.0359. The van der Waals surface area contributed by atoms with Crippen LogP contribution >= 0.6 is 12.2 Å². The lowest BCUT2D eigenvalue weighted by Gasteiger charge is -2.27. The molecule has 6 heteroatoms. The molecule has 2 rings (SSSR count). The summed E-state index contributed by atoms with van der Waals surface area (Å²) in [6, 6.07) is 8.22. The first-order valence-electron chi connectivity index (χ1n) is 10.0. The lowest BCUT2D eigenvalue weighted by atomic mass is 10.1. The predicted octanol–water partition coefficient (Wildman–Crippen LogP) is 1.71. The van der Waals surface area contributed by atoms with Gasteiger partial charge in [-0.1, -0.05) is 13.0 Å². The highest BCUT2D eigenvalue weighted by Crippen LogP contribution is 2.15. The van der Waals surface area contributed by atoms with E-state index in [4.69, 9.17) is 12.2 Å². The normalized spacial score (nSPS) is 11.1. The number of aryl methyl sites for hydroxylation is 1. The molecule has 0 radical (unpaired) electrons. The molecular weight excluding hydrogens is 356 g/mol. The van der Waals surface area contributed by atoms with Crippen molar-refractivity contribution in [1.29, 1.82) is 0 Å². The summed E-state index contributed by atoms with van der Waals surface area (Å²) in [4.78, 5) is 19.3. The zero-order chi connectivity index (χ0) is 19.8. The van der Waals surface area contributed by atoms with E-state index in [1.807, 2.05) is 19.1 Å². The summed E-state index contributed by atoms with van der Waals surface area (Å²) in [6.45, 7) is 13.9. The highest BCUT2D eigenvalue weighted by molar-refractivity contribution is 7.80. The van der Waals surface area contributed by atoms with Gasteiger partial charge in [-0.05, 0) is 68.6 Å². The number of likely N-dealkylation sites (N-methyl/N-ethyl adjacent to an activating group) is 1. The Hall–Kier alpha value is -1.92. The van der Waals surface area contributed by atoms with Crippen molar-refractivity contribution in [2.45, 2.75) is 40.7 Å². The molecule has 1 heterocycles. The molecule has 0 aliphatic heterocycles. The summed E-state index contributed by atoms with van der Waals surface area (Å²) >= 11 is 5.57. The highest BCUT2D eigenvalue weighted by atomic mass is 32.1. The standard InChI is InChI=1S/C21H32N4OS/c1-5-16-9-10-19-17(13-16)14-18(20(26)23-19)15-25(21(27)22-6-2)12-11-24(7-3)8-4/h9-10,13-14H,5-8,11-12,15H2,1-4H3,(H,22,27)(H,23,26)/p+1. The first kappa shape index (κ1) is 21.4. The largest absolute Gasteiger partial charge is 0.363 e. The van der Waals surface area contributed by atoms with Crippen LogP contribution in [0.4, 0.5) is 0 Å². The van der Waals surface area contributed by atoms with Crippen LogP contribution in [-0.4, -0.2) is 47.7 Å². The second-order valence-electron chi connectivity index (χ2n) is 6.86. The molecule has 1 aromatic carbocycles. The van der Waals surface area contributed by atoms with Crippen molar-refractivity contribution in [3.63, 3.8) is 0 Å². The summed E-state index contributed by atoms with van der Waals surface area (Å²) < 4.78 is 0. The number of nitrogens with one attached hydrogen (secondary N) is 3. The van der Waals surface area contributed by atoms with Crippen LogP contribution in [0.15, 0.2) is 29.1 Å². The van der Waals surface area contributed by atoms with E-state index in [9.17, 15) is 4.79 Å². The molecule has 0 saturated heterocycles. The molecule has 3 N–H and O–H groups in total. The van der Waals surface area contributed by atoms with E-state index in [1.165, 1.54) is 10.5 Å². The third-order valence-electron chi connectivity index (χ3n) is 5.11. The van der Waals surface area contributed by atoms with Crippen LogP contribution < -0.4 is 15.8 Å². The Labute approximate surface area is 167 Å². The second-order valence-corrected chi connectivity index (χ2v) is 7.25. The molecule has 0 saturated carbocycles. The molecular formula is C21H33N4OS+. The van der Waals surface area contributed by atoms with Crippen molar-refractivity contribution in [3.8, 4) is 0 Å². The lowest BCUT2D eigenvalue weighted by Crippen LogP contribution is -3.12. The summed E-state index contributed by atoms with van der Waals surface area (Å²) in [5.41, 5.74) is 2.87. The number of aromatic nitrogens is 1. The number of hydrogen-bond donors (Lipinski definition) is 3. The van der Waals surface area contributed by atoms with Gasteiger partial charge in [-0.15, -0.1) is 0 Å². The van der Waals surface area contributed by atoms with E-state index in [2.05, 4.69) is 48.1 Å². The molecule has 0 spiro atoms. The third-order valence-corrected chi connectivity index (χ3v) is 5.51. The molecule has 0 aliphatic carbocycles. The lowest BCUT2D eigenvalue weighted by molar-refractivity contribution is -0.895. The zero-order valence-corrected chi connectivity index (χ0v) is 17.8. The highest BCUT2D eigenvalue weighted by Gasteiger charge is 2.15. The fraction of sp³-hybridized carbons (Fsp3) is 0.524. The topological polar surface area (TPSA) is 52.6 Å². The van der Waals surface area contributed by atoms with Gasteiger partial charge < -0.3 is 20.1 Å². The minimum Gasteiger partial charge on any atom is -0.363 e. The van der Waals surface area contributed by atoms with E-state index in [-0.39, 0.29) is 5.56 Å². The fourth-order valence-corrected chi connectivity index (χ4v) is 3.56. The molecule has 0 unspecified atom stereocenters. The molecule has 0 atom stereocenters.